The average molecular weight is 379 g/mol. The van der Waals surface area contributed by atoms with Crippen LogP contribution in [0.5, 0.6) is 0 Å². The SMILES string of the molecule is O=C(NCCNc1cc(N2CCCC2)cnn1)c1cc2ccccc2oc1=O. The van der Waals surface area contributed by atoms with Gasteiger partial charge in [-0.1, -0.05) is 18.2 Å². The van der Waals surface area contributed by atoms with Gasteiger partial charge in [-0.25, -0.2) is 4.79 Å². The Balaban J connectivity index is 1.33. The van der Waals surface area contributed by atoms with E-state index < -0.39 is 11.5 Å². The molecule has 1 aliphatic rings. The van der Waals surface area contributed by atoms with E-state index in [2.05, 4.69) is 25.7 Å². The molecule has 0 saturated carbocycles. The second-order valence-corrected chi connectivity index (χ2v) is 6.66. The number of aromatic nitrogens is 2. The minimum absolute atomic E-state index is 0.00507. The number of nitrogens with zero attached hydrogens (tertiary/aromatic N) is 3. The molecule has 8 nitrogen and oxygen atoms in total. The van der Waals surface area contributed by atoms with E-state index >= 15 is 0 Å². The van der Waals surface area contributed by atoms with Crippen molar-refractivity contribution in [2.45, 2.75) is 12.8 Å². The number of amides is 1. The maximum absolute atomic E-state index is 12.3. The van der Waals surface area contributed by atoms with Crippen LogP contribution in [-0.2, 0) is 0 Å². The molecule has 2 aromatic heterocycles. The van der Waals surface area contributed by atoms with Gasteiger partial charge in [-0.15, -0.1) is 5.10 Å². The zero-order chi connectivity index (χ0) is 19.3. The molecule has 1 aliphatic heterocycles. The van der Waals surface area contributed by atoms with Crippen molar-refractivity contribution in [3.8, 4) is 0 Å². The molecule has 1 fully saturated rings. The summed E-state index contributed by atoms with van der Waals surface area (Å²) in [6, 6.07) is 10.6. The van der Waals surface area contributed by atoms with Crippen LogP contribution in [0.25, 0.3) is 11.0 Å². The predicted octanol–water partition coefficient (Wildman–Crippen LogP) is 2.03. The number of para-hydroxylation sites is 1. The number of benzene rings is 1. The number of nitrogens with one attached hydrogen (secondary N) is 2. The molecule has 1 saturated heterocycles. The highest BCUT2D eigenvalue weighted by molar-refractivity contribution is 5.96. The van der Waals surface area contributed by atoms with Crippen molar-refractivity contribution in [3.63, 3.8) is 0 Å². The van der Waals surface area contributed by atoms with Crippen LogP contribution in [0, 0.1) is 0 Å². The van der Waals surface area contributed by atoms with Gasteiger partial charge in [-0.05, 0) is 25.0 Å². The molecule has 1 amide bonds. The standard InChI is InChI=1S/C20H21N5O3/c26-19(16-11-14-5-1-2-6-17(14)28-20(16)27)22-8-7-21-18-12-15(13-23-24-18)25-9-3-4-10-25/h1-2,5-6,11-13H,3-4,7-10H2,(H,21,24)(H,22,26). The normalized spacial score (nSPS) is 13.6. The van der Waals surface area contributed by atoms with Gasteiger partial charge >= 0.3 is 5.63 Å². The third kappa shape index (κ3) is 3.95. The summed E-state index contributed by atoms with van der Waals surface area (Å²) in [6.07, 6.45) is 4.15. The van der Waals surface area contributed by atoms with Crippen molar-refractivity contribution in [1.82, 2.24) is 15.5 Å². The summed E-state index contributed by atoms with van der Waals surface area (Å²) in [7, 11) is 0. The van der Waals surface area contributed by atoms with Crippen LogP contribution in [0.15, 0.2) is 51.8 Å². The Morgan fingerprint density at radius 1 is 1.14 bits per heavy atom. The van der Waals surface area contributed by atoms with Crippen molar-refractivity contribution in [2.24, 2.45) is 0 Å². The highest BCUT2D eigenvalue weighted by atomic mass is 16.4. The van der Waals surface area contributed by atoms with Gasteiger partial charge in [0.05, 0.1) is 11.9 Å². The van der Waals surface area contributed by atoms with Crippen molar-refractivity contribution in [2.75, 3.05) is 36.4 Å². The van der Waals surface area contributed by atoms with E-state index in [-0.39, 0.29) is 5.56 Å². The second-order valence-electron chi connectivity index (χ2n) is 6.66. The molecule has 0 aliphatic carbocycles. The largest absolute Gasteiger partial charge is 0.422 e. The Bertz CT molecular complexity index is 1040. The first-order valence-electron chi connectivity index (χ1n) is 9.33. The van der Waals surface area contributed by atoms with E-state index in [0.717, 1.165) is 18.8 Å². The molecule has 8 heteroatoms. The Morgan fingerprint density at radius 2 is 1.96 bits per heavy atom. The van der Waals surface area contributed by atoms with Gasteiger partial charge in [0, 0.05) is 37.6 Å². The van der Waals surface area contributed by atoms with Crippen LogP contribution in [0.3, 0.4) is 0 Å². The summed E-state index contributed by atoms with van der Waals surface area (Å²) < 4.78 is 5.20. The van der Waals surface area contributed by atoms with Crippen molar-refractivity contribution in [1.29, 1.82) is 0 Å². The van der Waals surface area contributed by atoms with Gasteiger partial charge in [0.15, 0.2) is 5.82 Å². The summed E-state index contributed by atoms with van der Waals surface area (Å²) in [5.74, 6) is 0.196. The quantitative estimate of drug-likeness (QED) is 0.499. The topological polar surface area (TPSA) is 100 Å². The molecule has 0 atom stereocenters. The zero-order valence-corrected chi connectivity index (χ0v) is 15.4. The first kappa shape index (κ1) is 18.0. The Morgan fingerprint density at radius 3 is 2.82 bits per heavy atom. The summed E-state index contributed by atoms with van der Waals surface area (Å²) in [4.78, 5) is 26.6. The van der Waals surface area contributed by atoms with E-state index in [9.17, 15) is 9.59 Å². The lowest BCUT2D eigenvalue weighted by molar-refractivity contribution is 0.0951. The van der Waals surface area contributed by atoms with Gasteiger partial charge in [-0.2, -0.15) is 5.10 Å². The minimum Gasteiger partial charge on any atom is -0.422 e. The van der Waals surface area contributed by atoms with Crippen molar-refractivity contribution >= 4 is 28.4 Å². The van der Waals surface area contributed by atoms with Crippen LogP contribution in [-0.4, -0.2) is 42.3 Å². The Labute approximate surface area is 161 Å². The van der Waals surface area contributed by atoms with Crippen LogP contribution in [0.1, 0.15) is 23.2 Å². The van der Waals surface area contributed by atoms with E-state index in [4.69, 9.17) is 4.42 Å². The number of anilines is 2. The fourth-order valence-electron chi connectivity index (χ4n) is 3.27. The number of rotatable bonds is 6. The molecule has 28 heavy (non-hydrogen) atoms. The third-order valence-corrected chi connectivity index (χ3v) is 4.71. The zero-order valence-electron chi connectivity index (χ0n) is 15.4. The highest BCUT2D eigenvalue weighted by Crippen LogP contribution is 2.20. The molecule has 3 heterocycles. The third-order valence-electron chi connectivity index (χ3n) is 4.71. The van der Waals surface area contributed by atoms with E-state index in [1.54, 1.807) is 30.5 Å². The smallest absolute Gasteiger partial charge is 0.349 e. The molecule has 0 unspecified atom stereocenters. The highest BCUT2D eigenvalue weighted by Gasteiger charge is 2.14. The molecule has 0 radical (unpaired) electrons. The molecule has 0 bridgehead atoms. The maximum Gasteiger partial charge on any atom is 0.349 e. The van der Waals surface area contributed by atoms with Crippen LogP contribution >= 0.6 is 0 Å². The lowest BCUT2D eigenvalue weighted by Crippen LogP contribution is -2.32. The van der Waals surface area contributed by atoms with Gasteiger partial charge in [-0.3, -0.25) is 4.79 Å². The first-order chi connectivity index (χ1) is 13.7. The average Bonchev–Trinajstić information content (AvgIpc) is 3.26. The predicted molar refractivity (Wildman–Crippen MR) is 107 cm³/mol. The van der Waals surface area contributed by atoms with Crippen LogP contribution in [0.2, 0.25) is 0 Å². The van der Waals surface area contributed by atoms with Gasteiger partial charge in [0.2, 0.25) is 0 Å². The Kier molecular flexibility index (Phi) is 5.18. The molecule has 2 N–H and O–H groups in total. The fourth-order valence-corrected chi connectivity index (χ4v) is 3.27. The first-order valence-corrected chi connectivity index (χ1v) is 9.33. The summed E-state index contributed by atoms with van der Waals surface area (Å²) >= 11 is 0. The van der Waals surface area contributed by atoms with Crippen LogP contribution in [0.4, 0.5) is 11.5 Å². The number of hydrogen-bond acceptors (Lipinski definition) is 7. The number of carbonyl (C=O) groups excluding carboxylic acids is 1. The summed E-state index contributed by atoms with van der Waals surface area (Å²) in [5.41, 5.74) is 0.859. The van der Waals surface area contributed by atoms with Crippen molar-refractivity contribution < 1.29 is 9.21 Å². The molecule has 144 valence electrons. The number of fused-ring (bicyclic) bond motifs is 1. The fraction of sp³-hybridized carbons (Fsp3) is 0.300. The second kappa shape index (κ2) is 8.08. The maximum atomic E-state index is 12.3. The summed E-state index contributed by atoms with van der Waals surface area (Å²) in [5, 5.41) is 14.7. The molecule has 4 rings (SSSR count). The van der Waals surface area contributed by atoms with Gasteiger partial charge < -0.3 is 20.0 Å². The van der Waals surface area contributed by atoms with E-state index in [0.29, 0.717) is 29.9 Å². The molecular formula is C20H21N5O3. The molecular weight excluding hydrogens is 358 g/mol. The lowest BCUT2D eigenvalue weighted by Gasteiger charge is -2.17. The van der Waals surface area contributed by atoms with E-state index in [1.807, 2.05) is 12.1 Å². The summed E-state index contributed by atoms with van der Waals surface area (Å²) in [6.45, 7) is 2.87. The number of hydrogen-bond donors (Lipinski definition) is 2. The monoisotopic (exact) mass is 379 g/mol. The lowest BCUT2D eigenvalue weighted by atomic mass is 10.2. The molecule has 1 aromatic carbocycles. The van der Waals surface area contributed by atoms with Gasteiger partial charge in [0.1, 0.15) is 11.1 Å². The molecule has 3 aromatic rings. The Hall–Kier alpha value is -3.42. The van der Waals surface area contributed by atoms with E-state index in [1.165, 1.54) is 12.8 Å². The van der Waals surface area contributed by atoms with Crippen molar-refractivity contribution in [3.05, 3.63) is 58.6 Å². The minimum atomic E-state index is -0.645. The molecule has 0 spiro atoms. The number of carbonyl (C=O) groups is 1. The van der Waals surface area contributed by atoms with Gasteiger partial charge in [0.25, 0.3) is 5.91 Å². The van der Waals surface area contributed by atoms with Crippen LogP contribution < -0.4 is 21.2 Å².